The number of allylic oxidation sites excluding steroid dienone is 2. The van der Waals surface area contributed by atoms with E-state index in [0.29, 0.717) is 13.0 Å². The molecular formula is C49H96O2. The minimum atomic E-state index is 0.0183. The van der Waals surface area contributed by atoms with Gasteiger partial charge in [-0.05, 0) is 32.1 Å². The Kier molecular flexibility index (Phi) is 46.5. The summed E-state index contributed by atoms with van der Waals surface area (Å²) < 4.78 is 5.45. The van der Waals surface area contributed by atoms with Gasteiger partial charge in [0.05, 0.1) is 6.61 Å². The van der Waals surface area contributed by atoms with Crippen LogP contribution in [0.1, 0.15) is 290 Å². The molecule has 0 spiro atoms. The third-order valence-corrected chi connectivity index (χ3v) is 11.2. The highest BCUT2D eigenvalue weighted by Gasteiger charge is 2.03. The van der Waals surface area contributed by atoms with Crippen molar-refractivity contribution >= 4 is 5.97 Å². The summed E-state index contributed by atoms with van der Waals surface area (Å²) in [6.07, 6.45) is 63.6. The van der Waals surface area contributed by atoms with Crippen molar-refractivity contribution in [2.24, 2.45) is 0 Å². The maximum atomic E-state index is 11.9. The number of hydrogen-bond acceptors (Lipinski definition) is 2. The van der Waals surface area contributed by atoms with Gasteiger partial charge in [-0.15, -0.1) is 0 Å². The molecule has 0 heterocycles. The Balaban J connectivity index is 3.12. The molecule has 0 N–H and O–H groups in total. The highest BCUT2D eigenvalue weighted by Crippen LogP contribution is 2.17. The van der Waals surface area contributed by atoms with Gasteiger partial charge in [-0.3, -0.25) is 4.79 Å². The highest BCUT2D eigenvalue weighted by atomic mass is 16.5. The predicted octanol–water partition coefficient (Wildman–Crippen LogP) is 17.9. The van der Waals surface area contributed by atoms with E-state index in [9.17, 15) is 4.79 Å². The van der Waals surface area contributed by atoms with Crippen LogP contribution in [0.15, 0.2) is 12.2 Å². The van der Waals surface area contributed by atoms with Gasteiger partial charge in [0.25, 0.3) is 0 Å². The fraction of sp³-hybridized carbons (Fsp3) is 0.939. The second-order valence-corrected chi connectivity index (χ2v) is 16.5. The SMILES string of the molecule is CCCC/C=C\CCCCCCCC(=O)OCCCCCCCCCCCCCCCCCCCCCCCCCCCCCCCCCCC. The van der Waals surface area contributed by atoms with Gasteiger partial charge in [0.2, 0.25) is 0 Å². The van der Waals surface area contributed by atoms with Gasteiger partial charge in [0.1, 0.15) is 0 Å². The quantitative estimate of drug-likeness (QED) is 0.0356. The molecule has 0 aromatic heterocycles. The lowest BCUT2D eigenvalue weighted by molar-refractivity contribution is -0.143. The van der Waals surface area contributed by atoms with Crippen molar-refractivity contribution in [3.63, 3.8) is 0 Å². The second kappa shape index (κ2) is 47.2. The Morgan fingerprint density at radius 2 is 0.569 bits per heavy atom. The molecule has 0 amide bonds. The van der Waals surface area contributed by atoms with Crippen LogP contribution in [0.4, 0.5) is 0 Å². The van der Waals surface area contributed by atoms with Gasteiger partial charge in [0.15, 0.2) is 0 Å². The summed E-state index contributed by atoms with van der Waals surface area (Å²) in [5, 5.41) is 0. The summed E-state index contributed by atoms with van der Waals surface area (Å²) in [6.45, 7) is 5.18. The maximum absolute atomic E-state index is 11.9. The number of unbranched alkanes of at least 4 members (excludes halogenated alkanes) is 39. The molecule has 0 unspecified atom stereocenters. The van der Waals surface area contributed by atoms with Crippen molar-refractivity contribution in [1.82, 2.24) is 0 Å². The lowest BCUT2D eigenvalue weighted by atomic mass is 10.0. The second-order valence-electron chi connectivity index (χ2n) is 16.5. The topological polar surface area (TPSA) is 26.3 Å². The molecule has 0 bridgehead atoms. The van der Waals surface area contributed by atoms with Crippen LogP contribution < -0.4 is 0 Å². The molecule has 0 aliphatic carbocycles. The summed E-state index contributed by atoms with van der Waals surface area (Å²) in [7, 11) is 0. The monoisotopic (exact) mass is 717 g/mol. The molecule has 0 aliphatic rings. The molecule has 51 heavy (non-hydrogen) atoms. The number of carbonyl (C=O) groups excluding carboxylic acids is 1. The average Bonchev–Trinajstić information content (AvgIpc) is 3.14. The van der Waals surface area contributed by atoms with Gasteiger partial charge in [0, 0.05) is 6.42 Å². The Morgan fingerprint density at radius 1 is 0.314 bits per heavy atom. The van der Waals surface area contributed by atoms with Crippen LogP contribution in [0.2, 0.25) is 0 Å². The lowest BCUT2D eigenvalue weighted by Gasteiger charge is -2.06. The first-order valence-electron chi connectivity index (χ1n) is 24.1. The van der Waals surface area contributed by atoms with Crippen LogP contribution >= 0.6 is 0 Å². The summed E-state index contributed by atoms with van der Waals surface area (Å²) in [6, 6.07) is 0. The molecule has 0 aromatic rings. The standard InChI is InChI=1S/C49H96O2/c1-3-5-7-9-11-13-15-16-17-18-19-20-21-22-23-24-25-26-27-28-29-30-31-32-33-34-35-36-38-40-42-44-46-48-51-49(50)47-45-43-41-39-37-14-12-10-8-6-4-2/h10,12H,3-9,11,13-48H2,1-2H3/b12-10-. The third kappa shape index (κ3) is 47.2. The van der Waals surface area contributed by atoms with E-state index in [1.807, 2.05) is 0 Å². The molecule has 2 heteroatoms. The van der Waals surface area contributed by atoms with E-state index >= 15 is 0 Å². The first-order valence-corrected chi connectivity index (χ1v) is 24.1. The Bertz CT molecular complexity index is 655. The molecule has 0 rings (SSSR count). The zero-order valence-corrected chi connectivity index (χ0v) is 35.6. The fourth-order valence-corrected chi connectivity index (χ4v) is 7.53. The Labute approximate surface area is 323 Å². The zero-order valence-electron chi connectivity index (χ0n) is 35.6. The van der Waals surface area contributed by atoms with Crippen molar-refractivity contribution in [2.45, 2.75) is 290 Å². The van der Waals surface area contributed by atoms with E-state index in [1.54, 1.807) is 0 Å². The zero-order chi connectivity index (χ0) is 36.8. The van der Waals surface area contributed by atoms with Gasteiger partial charge in [-0.2, -0.15) is 0 Å². The molecular weight excluding hydrogens is 621 g/mol. The van der Waals surface area contributed by atoms with Crippen molar-refractivity contribution in [1.29, 1.82) is 0 Å². The third-order valence-electron chi connectivity index (χ3n) is 11.2. The van der Waals surface area contributed by atoms with E-state index in [-0.39, 0.29) is 5.97 Å². The summed E-state index contributed by atoms with van der Waals surface area (Å²) in [5.74, 6) is 0.0183. The van der Waals surface area contributed by atoms with Crippen LogP contribution in [0.5, 0.6) is 0 Å². The maximum Gasteiger partial charge on any atom is 0.305 e. The molecule has 0 aromatic carbocycles. The van der Waals surface area contributed by atoms with Gasteiger partial charge < -0.3 is 4.74 Å². The first-order chi connectivity index (χ1) is 25.3. The van der Waals surface area contributed by atoms with Crippen molar-refractivity contribution in [3.8, 4) is 0 Å². The van der Waals surface area contributed by atoms with Crippen LogP contribution in [-0.4, -0.2) is 12.6 Å². The number of rotatable bonds is 45. The molecule has 304 valence electrons. The van der Waals surface area contributed by atoms with Crippen molar-refractivity contribution in [3.05, 3.63) is 12.2 Å². The highest BCUT2D eigenvalue weighted by molar-refractivity contribution is 5.69. The van der Waals surface area contributed by atoms with E-state index in [4.69, 9.17) is 4.74 Å². The summed E-state index contributed by atoms with van der Waals surface area (Å²) in [5.41, 5.74) is 0. The van der Waals surface area contributed by atoms with E-state index in [0.717, 1.165) is 19.3 Å². The minimum absolute atomic E-state index is 0.0183. The summed E-state index contributed by atoms with van der Waals surface area (Å²) in [4.78, 5) is 11.9. The van der Waals surface area contributed by atoms with Crippen LogP contribution in [0.3, 0.4) is 0 Å². The number of esters is 1. The van der Waals surface area contributed by atoms with Gasteiger partial charge in [-0.25, -0.2) is 0 Å². The molecule has 0 radical (unpaired) electrons. The molecule has 0 saturated heterocycles. The Morgan fingerprint density at radius 3 is 0.902 bits per heavy atom. The van der Waals surface area contributed by atoms with Crippen LogP contribution in [-0.2, 0) is 9.53 Å². The van der Waals surface area contributed by atoms with Crippen LogP contribution in [0, 0.1) is 0 Å². The largest absolute Gasteiger partial charge is 0.466 e. The first kappa shape index (κ1) is 50.2. The number of ether oxygens (including phenoxy) is 1. The Hall–Kier alpha value is -0.790. The van der Waals surface area contributed by atoms with Gasteiger partial charge >= 0.3 is 5.97 Å². The van der Waals surface area contributed by atoms with E-state index in [1.165, 1.54) is 250 Å². The van der Waals surface area contributed by atoms with E-state index < -0.39 is 0 Å². The summed E-state index contributed by atoms with van der Waals surface area (Å²) >= 11 is 0. The lowest BCUT2D eigenvalue weighted by Crippen LogP contribution is -2.05. The van der Waals surface area contributed by atoms with Crippen molar-refractivity contribution < 1.29 is 9.53 Å². The molecule has 0 saturated carbocycles. The minimum Gasteiger partial charge on any atom is -0.466 e. The molecule has 0 atom stereocenters. The average molecular weight is 717 g/mol. The van der Waals surface area contributed by atoms with Gasteiger partial charge in [-0.1, -0.05) is 264 Å². The fourth-order valence-electron chi connectivity index (χ4n) is 7.53. The van der Waals surface area contributed by atoms with E-state index in [2.05, 4.69) is 26.0 Å². The molecule has 0 fully saturated rings. The predicted molar refractivity (Wildman–Crippen MR) is 230 cm³/mol. The van der Waals surface area contributed by atoms with Crippen LogP contribution in [0.25, 0.3) is 0 Å². The van der Waals surface area contributed by atoms with Crippen molar-refractivity contribution in [2.75, 3.05) is 6.61 Å². The molecule has 0 aliphatic heterocycles. The smallest absolute Gasteiger partial charge is 0.305 e. The number of carbonyl (C=O) groups is 1. The number of hydrogen-bond donors (Lipinski definition) is 0. The molecule has 2 nitrogen and oxygen atoms in total. The normalized spacial score (nSPS) is 11.6.